The van der Waals surface area contributed by atoms with Gasteiger partial charge in [-0.25, -0.2) is 8.42 Å². The molecule has 0 atom stereocenters. The molecule has 1 aliphatic rings. The summed E-state index contributed by atoms with van der Waals surface area (Å²) in [6, 6.07) is 11.9. The number of carbonyl (C=O) groups is 2. The highest BCUT2D eigenvalue weighted by molar-refractivity contribution is 7.89. The Morgan fingerprint density at radius 1 is 1.09 bits per heavy atom. The van der Waals surface area contributed by atoms with Crippen molar-refractivity contribution in [3.8, 4) is 0 Å². The number of aryl methyl sites for hydroxylation is 2. The van der Waals surface area contributed by atoms with Gasteiger partial charge < -0.3 is 10.2 Å². The van der Waals surface area contributed by atoms with Crippen molar-refractivity contribution < 1.29 is 18.0 Å². The van der Waals surface area contributed by atoms with Crippen LogP contribution in [0.4, 0.5) is 5.69 Å². The maximum Gasteiger partial charge on any atom is 0.243 e. The first-order valence-electron chi connectivity index (χ1n) is 10.5. The third-order valence-corrected chi connectivity index (χ3v) is 7.91. The SMILES string of the molecule is Cc1ccc(S(=O)(=O)N2CCC(C(=O)N(C)CC(=O)Nc3cccc(Cl)c3)CC2)cc1C. The van der Waals surface area contributed by atoms with Crippen LogP contribution in [0.2, 0.25) is 5.02 Å². The van der Waals surface area contributed by atoms with Crippen molar-refractivity contribution in [3.63, 3.8) is 0 Å². The second kappa shape index (κ2) is 10.0. The van der Waals surface area contributed by atoms with Crippen LogP contribution in [-0.2, 0) is 19.6 Å². The fourth-order valence-electron chi connectivity index (χ4n) is 3.74. The van der Waals surface area contributed by atoms with Crippen molar-refractivity contribution in [1.82, 2.24) is 9.21 Å². The molecule has 1 aliphatic heterocycles. The number of piperidine rings is 1. The van der Waals surface area contributed by atoms with E-state index in [4.69, 9.17) is 11.6 Å². The summed E-state index contributed by atoms with van der Waals surface area (Å²) in [6.45, 7) is 4.28. The van der Waals surface area contributed by atoms with Crippen molar-refractivity contribution >= 4 is 39.1 Å². The maximum atomic E-state index is 13.0. The molecule has 0 radical (unpaired) electrons. The summed E-state index contributed by atoms with van der Waals surface area (Å²) < 4.78 is 27.4. The fourth-order valence-corrected chi connectivity index (χ4v) is 5.48. The Hall–Kier alpha value is -2.42. The molecule has 1 N–H and O–H groups in total. The lowest BCUT2D eigenvalue weighted by molar-refractivity contribution is -0.138. The van der Waals surface area contributed by atoms with Crippen molar-refractivity contribution in [1.29, 1.82) is 0 Å². The Bertz CT molecular complexity index is 1110. The van der Waals surface area contributed by atoms with Gasteiger partial charge in [0.15, 0.2) is 0 Å². The number of carbonyl (C=O) groups excluding carboxylic acids is 2. The summed E-state index contributed by atoms with van der Waals surface area (Å²) >= 11 is 5.92. The Kier molecular flexibility index (Phi) is 7.59. The van der Waals surface area contributed by atoms with Gasteiger partial charge in [-0.1, -0.05) is 23.7 Å². The first-order valence-corrected chi connectivity index (χ1v) is 12.3. The van der Waals surface area contributed by atoms with Gasteiger partial charge >= 0.3 is 0 Å². The Labute approximate surface area is 194 Å². The number of amides is 2. The number of hydrogen-bond donors (Lipinski definition) is 1. The van der Waals surface area contributed by atoms with Gasteiger partial charge in [0.1, 0.15) is 0 Å². The van der Waals surface area contributed by atoms with Crippen molar-refractivity contribution in [3.05, 3.63) is 58.6 Å². The molecule has 9 heteroatoms. The average molecular weight is 478 g/mol. The van der Waals surface area contributed by atoms with E-state index in [0.717, 1.165) is 11.1 Å². The minimum absolute atomic E-state index is 0.0908. The summed E-state index contributed by atoms with van der Waals surface area (Å²) in [4.78, 5) is 26.7. The largest absolute Gasteiger partial charge is 0.336 e. The van der Waals surface area contributed by atoms with Crippen molar-refractivity contribution in [2.75, 3.05) is 32.0 Å². The first kappa shape index (κ1) is 24.2. The molecule has 0 spiro atoms. The molecular formula is C23H28ClN3O4S. The van der Waals surface area contributed by atoms with Crippen LogP contribution in [-0.4, -0.2) is 56.1 Å². The number of nitrogens with zero attached hydrogens (tertiary/aromatic N) is 2. The number of anilines is 1. The predicted octanol–water partition coefficient (Wildman–Crippen LogP) is 3.45. The molecule has 2 aromatic carbocycles. The fraction of sp³-hybridized carbons (Fsp3) is 0.391. The standard InChI is InChI=1S/C23H28ClN3O4S/c1-16-7-8-21(13-17(16)2)32(30,31)27-11-9-18(10-12-27)23(29)26(3)15-22(28)25-20-6-4-5-19(24)14-20/h4-8,13-14,18H,9-12,15H2,1-3H3,(H,25,28). The van der Waals surface area contributed by atoms with E-state index in [1.165, 1.54) is 9.21 Å². The van der Waals surface area contributed by atoms with Crippen LogP contribution < -0.4 is 5.32 Å². The lowest BCUT2D eigenvalue weighted by atomic mass is 9.96. The molecule has 3 rings (SSSR count). The minimum Gasteiger partial charge on any atom is -0.336 e. The molecule has 0 aromatic heterocycles. The molecule has 32 heavy (non-hydrogen) atoms. The minimum atomic E-state index is -3.59. The summed E-state index contributed by atoms with van der Waals surface area (Å²) in [5.41, 5.74) is 2.53. The molecule has 1 fully saturated rings. The Morgan fingerprint density at radius 2 is 1.78 bits per heavy atom. The second-order valence-corrected chi connectivity index (χ2v) is 10.6. The third kappa shape index (κ3) is 5.68. The molecule has 0 saturated carbocycles. The van der Waals surface area contributed by atoms with Gasteiger partial charge in [0.25, 0.3) is 0 Å². The number of halogens is 1. The quantitative estimate of drug-likeness (QED) is 0.690. The predicted molar refractivity (Wildman–Crippen MR) is 125 cm³/mol. The highest BCUT2D eigenvalue weighted by atomic mass is 35.5. The van der Waals surface area contributed by atoms with Crippen molar-refractivity contribution in [2.45, 2.75) is 31.6 Å². The zero-order valence-corrected chi connectivity index (χ0v) is 20.0. The summed E-state index contributed by atoms with van der Waals surface area (Å²) in [7, 11) is -2.01. The van der Waals surface area contributed by atoms with Crippen LogP contribution in [0.5, 0.6) is 0 Å². The van der Waals surface area contributed by atoms with E-state index in [0.29, 0.717) is 23.6 Å². The first-order chi connectivity index (χ1) is 15.1. The zero-order chi connectivity index (χ0) is 23.5. The topological polar surface area (TPSA) is 86.8 Å². The van der Waals surface area contributed by atoms with Crippen LogP contribution in [0.3, 0.4) is 0 Å². The van der Waals surface area contributed by atoms with Gasteiger partial charge in [0.05, 0.1) is 11.4 Å². The average Bonchev–Trinajstić information content (AvgIpc) is 2.75. The maximum absolute atomic E-state index is 13.0. The van der Waals surface area contributed by atoms with E-state index in [2.05, 4.69) is 5.32 Å². The van der Waals surface area contributed by atoms with E-state index in [1.807, 2.05) is 19.9 Å². The van der Waals surface area contributed by atoms with E-state index in [9.17, 15) is 18.0 Å². The van der Waals surface area contributed by atoms with Gasteiger partial charge in [-0.05, 0) is 68.1 Å². The lowest BCUT2D eigenvalue weighted by Gasteiger charge is -2.32. The van der Waals surface area contributed by atoms with E-state index >= 15 is 0 Å². The molecular weight excluding hydrogens is 450 g/mol. The number of nitrogens with one attached hydrogen (secondary N) is 1. The number of benzene rings is 2. The molecule has 1 heterocycles. The number of likely N-dealkylation sites (N-methyl/N-ethyl adjacent to an activating group) is 1. The second-order valence-electron chi connectivity index (χ2n) is 8.18. The number of rotatable bonds is 6. The lowest BCUT2D eigenvalue weighted by Crippen LogP contribution is -2.45. The normalized spacial score (nSPS) is 15.4. The monoisotopic (exact) mass is 477 g/mol. The number of sulfonamides is 1. The summed E-state index contributed by atoms with van der Waals surface area (Å²) in [5, 5.41) is 3.23. The number of hydrogen-bond acceptors (Lipinski definition) is 4. The molecule has 172 valence electrons. The molecule has 0 bridgehead atoms. The summed E-state index contributed by atoms with van der Waals surface area (Å²) in [5.74, 6) is -0.794. The van der Waals surface area contributed by atoms with Gasteiger partial charge in [-0.3, -0.25) is 9.59 Å². The third-order valence-electron chi connectivity index (χ3n) is 5.78. The molecule has 1 saturated heterocycles. The van der Waals surface area contributed by atoms with E-state index < -0.39 is 10.0 Å². The Balaban J connectivity index is 1.55. The van der Waals surface area contributed by atoms with E-state index in [-0.39, 0.29) is 42.3 Å². The van der Waals surface area contributed by atoms with E-state index in [1.54, 1.807) is 43.4 Å². The van der Waals surface area contributed by atoms with Crippen molar-refractivity contribution in [2.24, 2.45) is 5.92 Å². The van der Waals surface area contributed by atoms with Crippen LogP contribution in [0.25, 0.3) is 0 Å². The smallest absolute Gasteiger partial charge is 0.243 e. The van der Waals surface area contributed by atoms with Gasteiger partial charge in [0, 0.05) is 36.8 Å². The van der Waals surface area contributed by atoms with Crippen LogP contribution in [0.15, 0.2) is 47.4 Å². The molecule has 0 unspecified atom stereocenters. The molecule has 2 aromatic rings. The molecule has 7 nitrogen and oxygen atoms in total. The van der Waals surface area contributed by atoms with Gasteiger partial charge in [0.2, 0.25) is 21.8 Å². The highest BCUT2D eigenvalue weighted by Crippen LogP contribution is 2.26. The molecule has 0 aliphatic carbocycles. The molecule has 2 amide bonds. The summed E-state index contributed by atoms with van der Waals surface area (Å²) in [6.07, 6.45) is 0.840. The highest BCUT2D eigenvalue weighted by Gasteiger charge is 2.33. The van der Waals surface area contributed by atoms with Crippen LogP contribution >= 0.6 is 11.6 Å². The Morgan fingerprint density at radius 3 is 2.41 bits per heavy atom. The van der Waals surface area contributed by atoms with Gasteiger partial charge in [-0.2, -0.15) is 4.31 Å². The zero-order valence-electron chi connectivity index (χ0n) is 18.5. The van der Waals surface area contributed by atoms with Crippen LogP contribution in [0, 0.1) is 19.8 Å². The van der Waals surface area contributed by atoms with Crippen LogP contribution in [0.1, 0.15) is 24.0 Å². The van der Waals surface area contributed by atoms with Gasteiger partial charge in [-0.15, -0.1) is 0 Å².